The van der Waals surface area contributed by atoms with Crippen molar-refractivity contribution in [3.63, 3.8) is 0 Å². The van der Waals surface area contributed by atoms with Crippen LogP contribution in [0.1, 0.15) is 30.4 Å². The molecule has 0 spiro atoms. The Morgan fingerprint density at radius 2 is 1.70 bits per heavy atom. The van der Waals surface area contributed by atoms with Gasteiger partial charge in [-0.2, -0.15) is 0 Å². The van der Waals surface area contributed by atoms with Crippen molar-refractivity contribution >= 4 is 38.9 Å². The molecule has 4 rings (SSSR count). The number of ether oxygens (including phenoxy) is 1. The Hall–Kier alpha value is -2.17. The molecule has 3 aromatic carbocycles. The lowest BCUT2D eigenvalue weighted by atomic mass is 10.1. The molecule has 1 N–H and O–H groups in total. The molecule has 1 aliphatic rings. The second-order valence-electron chi connectivity index (χ2n) is 7.61. The molecule has 5 heteroatoms. The van der Waals surface area contributed by atoms with Gasteiger partial charge in [0.1, 0.15) is 12.4 Å². The number of hydrogen-bond acceptors (Lipinski definition) is 3. The van der Waals surface area contributed by atoms with Crippen LogP contribution in [0.5, 0.6) is 5.75 Å². The van der Waals surface area contributed by atoms with Crippen LogP contribution in [0, 0.1) is 0 Å². The smallest absolute Gasteiger partial charge is 0.134 e. The van der Waals surface area contributed by atoms with Crippen LogP contribution in [0.25, 0.3) is 0 Å². The molecule has 0 aliphatic carbocycles. The molecule has 0 saturated carbocycles. The lowest BCUT2D eigenvalue weighted by Crippen LogP contribution is -2.29. The van der Waals surface area contributed by atoms with Crippen molar-refractivity contribution < 1.29 is 4.74 Å². The average Bonchev–Trinajstić information content (AvgIpc) is 2.78. The molecule has 0 amide bonds. The third-order valence-corrected chi connectivity index (χ3v) is 6.30. The van der Waals surface area contributed by atoms with Gasteiger partial charge in [0.15, 0.2) is 0 Å². The summed E-state index contributed by atoms with van der Waals surface area (Å²) in [6.07, 6.45) is 3.81. The fourth-order valence-corrected chi connectivity index (χ4v) is 4.56. The van der Waals surface area contributed by atoms with E-state index in [0.29, 0.717) is 6.61 Å². The highest BCUT2D eigenvalue weighted by atomic mass is 79.9. The minimum absolute atomic E-state index is 0.554. The predicted molar refractivity (Wildman–Crippen MR) is 130 cm³/mol. The molecule has 1 saturated heterocycles. The number of anilines is 2. The fourth-order valence-electron chi connectivity index (χ4n) is 3.72. The minimum atomic E-state index is 0.554. The molecule has 0 unspecified atom stereocenters. The van der Waals surface area contributed by atoms with E-state index in [0.717, 1.165) is 51.8 Å². The van der Waals surface area contributed by atoms with Crippen LogP contribution in [-0.2, 0) is 13.2 Å². The van der Waals surface area contributed by atoms with Crippen LogP contribution in [0.15, 0.2) is 71.2 Å². The van der Waals surface area contributed by atoms with E-state index in [1.165, 1.54) is 24.8 Å². The first-order chi connectivity index (χ1) is 14.7. The first-order valence-electron chi connectivity index (χ1n) is 10.4. The van der Waals surface area contributed by atoms with Crippen molar-refractivity contribution in [2.24, 2.45) is 0 Å². The van der Waals surface area contributed by atoms with Gasteiger partial charge in [-0.15, -0.1) is 0 Å². The summed E-state index contributed by atoms with van der Waals surface area (Å²) in [7, 11) is 0. The van der Waals surface area contributed by atoms with Crippen LogP contribution in [0.3, 0.4) is 0 Å². The number of nitrogens with zero attached hydrogens (tertiary/aromatic N) is 1. The fraction of sp³-hybridized carbons (Fsp3) is 0.280. The molecule has 1 aliphatic heterocycles. The monoisotopic (exact) mass is 484 g/mol. The highest BCUT2D eigenvalue weighted by molar-refractivity contribution is 9.10. The zero-order valence-corrected chi connectivity index (χ0v) is 19.3. The maximum absolute atomic E-state index is 6.57. The van der Waals surface area contributed by atoms with E-state index >= 15 is 0 Å². The molecule has 156 valence electrons. The Morgan fingerprint density at radius 3 is 2.43 bits per heavy atom. The highest BCUT2D eigenvalue weighted by Gasteiger charge is 2.14. The van der Waals surface area contributed by atoms with Gasteiger partial charge in [-0.05, 0) is 76.7 Å². The zero-order valence-electron chi connectivity index (χ0n) is 16.9. The maximum atomic E-state index is 6.57. The van der Waals surface area contributed by atoms with Crippen molar-refractivity contribution in [3.05, 3.63) is 87.4 Å². The number of rotatable bonds is 7. The van der Waals surface area contributed by atoms with Gasteiger partial charge >= 0.3 is 0 Å². The van der Waals surface area contributed by atoms with Gasteiger partial charge in [-0.25, -0.2) is 0 Å². The van der Waals surface area contributed by atoms with E-state index in [2.05, 4.69) is 62.5 Å². The molecule has 3 aromatic rings. The van der Waals surface area contributed by atoms with Gasteiger partial charge in [0.2, 0.25) is 0 Å². The molecule has 30 heavy (non-hydrogen) atoms. The topological polar surface area (TPSA) is 24.5 Å². The van der Waals surface area contributed by atoms with Gasteiger partial charge in [0, 0.05) is 25.3 Å². The second kappa shape index (κ2) is 10.2. The Morgan fingerprint density at radius 1 is 0.900 bits per heavy atom. The molecule has 0 radical (unpaired) electrons. The third kappa shape index (κ3) is 5.50. The van der Waals surface area contributed by atoms with E-state index < -0.39 is 0 Å². The average molecular weight is 486 g/mol. The zero-order chi connectivity index (χ0) is 20.8. The van der Waals surface area contributed by atoms with Crippen molar-refractivity contribution in [3.8, 4) is 5.75 Å². The highest BCUT2D eigenvalue weighted by Crippen LogP contribution is 2.31. The number of piperidine rings is 1. The lowest BCUT2D eigenvalue weighted by molar-refractivity contribution is 0.304. The second-order valence-corrected chi connectivity index (χ2v) is 8.87. The van der Waals surface area contributed by atoms with Crippen molar-refractivity contribution in [1.82, 2.24) is 0 Å². The Labute approximate surface area is 192 Å². The van der Waals surface area contributed by atoms with E-state index in [-0.39, 0.29) is 0 Å². The van der Waals surface area contributed by atoms with Crippen molar-refractivity contribution in [1.29, 1.82) is 0 Å². The van der Waals surface area contributed by atoms with Gasteiger partial charge in [-0.1, -0.05) is 48.0 Å². The predicted octanol–water partition coefficient (Wildman–Crippen LogP) is 7.28. The minimum Gasteiger partial charge on any atom is -0.488 e. The summed E-state index contributed by atoms with van der Waals surface area (Å²) < 4.78 is 6.89. The Bertz CT molecular complexity index is 974. The van der Waals surface area contributed by atoms with E-state index in [9.17, 15) is 0 Å². The van der Waals surface area contributed by atoms with E-state index in [4.69, 9.17) is 16.3 Å². The van der Waals surface area contributed by atoms with E-state index in [1.807, 2.05) is 30.3 Å². The van der Waals surface area contributed by atoms with Crippen LogP contribution >= 0.6 is 27.5 Å². The maximum Gasteiger partial charge on any atom is 0.134 e. The molecular weight excluding hydrogens is 460 g/mol. The van der Waals surface area contributed by atoms with Crippen molar-refractivity contribution in [2.45, 2.75) is 32.4 Å². The van der Waals surface area contributed by atoms with E-state index in [1.54, 1.807) is 0 Å². The molecule has 3 nitrogen and oxygen atoms in total. The van der Waals surface area contributed by atoms with Gasteiger partial charge in [-0.3, -0.25) is 0 Å². The Balaban J connectivity index is 1.34. The summed E-state index contributed by atoms with van der Waals surface area (Å²) in [4.78, 5) is 2.39. The number of nitrogens with one attached hydrogen (secondary N) is 1. The number of hydrogen-bond donors (Lipinski definition) is 1. The number of benzene rings is 3. The molecule has 0 aromatic heterocycles. The first kappa shape index (κ1) is 21.1. The largest absolute Gasteiger partial charge is 0.488 e. The van der Waals surface area contributed by atoms with Crippen LogP contribution < -0.4 is 15.0 Å². The molecule has 1 fully saturated rings. The summed E-state index contributed by atoms with van der Waals surface area (Å²) in [5.41, 5.74) is 4.50. The first-order valence-corrected chi connectivity index (χ1v) is 11.6. The summed E-state index contributed by atoms with van der Waals surface area (Å²) >= 11 is 10.2. The third-order valence-electron chi connectivity index (χ3n) is 5.37. The standard InChI is InChI=1S/C25H26BrClN2O/c26-22-15-20(9-12-25(22)30-18-19-7-3-1-4-8-19)17-28-21-10-11-24(23(27)16-21)29-13-5-2-6-14-29/h1,3-4,7-12,15-16,28H,2,5-6,13-14,17-18H2. The molecule has 0 atom stereocenters. The van der Waals surface area contributed by atoms with Gasteiger partial charge < -0.3 is 15.0 Å². The van der Waals surface area contributed by atoms with Crippen molar-refractivity contribution in [2.75, 3.05) is 23.3 Å². The SMILES string of the molecule is Clc1cc(NCc2ccc(OCc3ccccc3)c(Br)c2)ccc1N1CCCCC1. The summed E-state index contributed by atoms with van der Waals surface area (Å²) in [5.74, 6) is 0.844. The Kier molecular flexibility index (Phi) is 7.19. The van der Waals surface area contributed by atoms with Crippen LogP contribution in [-0.4, -0.2) is 13.1 Å². The summed E-state index contributed by atoms with van der Waals surface area (Å²) in [6.45, 7) is 3.47. The van der Waals surface area contributed by atoms with Crippen LogP contribution in [0.4, 0.5) is 11.4 Å². The van der Waals surface area contributed by atoms with Gasteiger partial charge in [0.25, 0.3) is 0 Å². The number of halogens is 2. The quantitative estimate of drug-likeness (QED) is 0.380. The normalized spacial score (nSPS) is 13.9. The van der Waals surface area contributed by atoms with Crippen LogP contribution in [0.2, 0.25) is 5.02 Å². The van der Waals surface area contributed by atoms with Gasteiger partial charge in [0.05, 0.1) is 15.2 Å². The summed E-state index contributed by atoms with van der Waals surface area (Å²) in [6, 6.07) is 22.6. The molecule has 1 heterocycles. The summed E-state index contributed by atoms with van der Waals surface area (Å²) in [5, 5.41) is 4.28. The molecular formula is C25H26BrClN2O. The molecule has 0 bridgehead atoms. The lowest BCUT2D eigenvalue weighted by Gasteiger charge is -2.29.